The van der Waals surface area contributed by atoms with Crippen molar-refractivity contribution in [1.82, 2.24) is 9.97 Å². The average molecular weight is 439 g/mol. The van der Waals surface area contributed by atoms with E-state index in [0.29, 0.717) is 16.7 Å². The molecule has 0 spiro atoms. The van der Waals surface area contributed by atoms with Crippen molar-refractivity contribution < 1.29 is 27.5 Å². The van der Waals surface area contributed by atoms with Gasteiger partial charge in [-0.05, 0) is 28.1 Å². The molecule has 2 aromatic rings. The number of amides is 1. The minimum Gasteiger partial charge on any atom is -0.452 e. The molecular weight excluding hydrogens is 431 g/mol. The van der Waals surface area contributed by atoms with Crippen LogP contribution in [0.3, 0.4) is 0 Å². The van der Waals surface area contributed by atoms with Gasteiger partial charge in [0.1, 0.15) is 0 Å². The summed E-state index contributed by atoms with van der Waals surface area (Å²) in [5, 5.41) is 1.76. The van der Waals surface area contributed by atoms with Crippen LogP contribution in [0.25, 0.3) is 0 Å². The summed E-state index contributed by atoms with van der Waals surface area (Å²) in [4.78, 5) is 30.7. The van der Waals surface area contributed by atoms with Crippen molar-refractivity contribution in [2.45, 2.75) is 6.18 Å². The van der Waals surface area contributed by atoms with E-state index in [9.17, 15) is 22.8 Å². The smallest absolute Gasteiger partial charge is 0.417 e. The van der Waals surface area contributed by atoms with E-state index in [-0.39, 0.29) is 11.4 Å². The number of rotatable bonds is 4. The van der Waals surface area contributed by atoms with Gasteiger partial charge in [0.05, 0.1) is 16.1 Å². The molecule has 0 aliphatic heterocycles. The predicted molar refractivity (Wildman–Crippen MR) is 85.1 cm³/mol. The Morgan fingerprint density at radius 3 is 2.56 bits per heavy atom. The van der Waals surface area contributed by atoms with Crippen LogP contribution in [0.15, 0.2) is 35.2 Å². The zero-order valence-electron chi connectivity index (χ0n) is 12.1. The Kier molecular flexibility index (Phi) is 5.96. The summed E-state index contributed by atoms with van der Waals surface area (Å²) < 4.78 is 42.8. The molecular formula is C14H8BrClF3N3O3. The molecule has 132 valence electrons. The van der Waals surface area contributed by atoms with Gasteiger partial charge in [-0.1, -0.05) is 11.6 Å². The molecule has 1 N–H and O–H groups in total. The van der Waals surface area contributed by atoms with Gasteiger partial charge < -0.3 is 10.1 Å². The SMILES string of the molecule is O=C(COC(=O)c1cncc(Br)c1)Nc1ncc(C(F)(F)F)cc1Cl. The summed E-state index contributed by atoms with van der Waals surface area (Å²) >= 11 is 8.79. The molecule has 0 radical (unpaired) electrons. The van der Waals surface area contributed by atoms with Crippen molar-refractivity contribution in [3.8, 4) is 0 Å². The third kappa shape index (κ3) is 5.40. The molecule has 0 unspecified atom stereocenters. The topological polar surface area (TPSA) is 81.2 Å². The minimum absolute atomic E-state index is 0.118. The highest BCUT2D eigenvalue weighted by Crippen LogP contribution is 2.32. The van der Waals surface area contributed by atoms with E-state index < -0.39 is 35.2 Å². The molecule has 0 saturated carbocycles. The molecule has 11 heteroatoms. The van der Waals surface area contributed by atoms with Crippen LogP contribution in [0.2, 0.25) is 5.02 Å². The fraction of sp³-hybridized carbons (Fsp3) is 0.143. The highest BCUT2D eigenvalue weighted by molar-refractivity contribution is 9.10. The number of esters is 1. The summed E-state index contributed by atoms with van der Waals surface area (Å²) in [7, 11) is 0. The average Bonchev–Trinajstić information content (AvgIpc) is 2.53. The number of anilines is 1. The Morgan fingerprint density at radius 2 is 1.96 bits per heavy atom. The number of hydrogen-bond donors (Lipinski definition) is 1. The van der Waals surface area contributed by atoms with Crippen LogP contribution < -0.4 is 5.32 Å². The molecule has 2 aromatic heterocycles. The first-order chi connectivity index (χ1) is 11.7. The van der Waals surface area contributed by atoms with Crippen molar-refractivity contribution in [3.05, 3.63) is 51.3 Å². The van der Waals surface area contributed by atoms with Crippen LogP contribution in [0.5, 0.6) is 0 Å². The molecule has 0 saturated heterocycles. The lowest BCUT2D eigenvalue weighted by atomic mass is 10.3. The monoisotopic (exact) mass is 437 g/mol. The van der Waals surface area contributed by atoms with Crippen molar-refractivity contribution in [2.24, 2.45) is 0 Å². The summed E-state index contributed by atoms with van der Waals surface area (Å²) in [6.07, 6.45) is -1.37. The van der Waals surface area contributed by atoms with Crippen LogP contribution >= 0.6 is 27.5 Å². The summed E-state index contributed by atoms with van der Waals surface area (Å²) in [6, 6.07) is 2.07. The Morgan fingerprint density at radius 1 is 1.24 bits per heavy atom. The van der Waals surface area contributed by atoms with Gasteiger partial charge in [-0.3, -0.25) is 9.78 Å². The molecule has 0 aliphatic carbocycles. The highest BCUT2D eigenvalue weighted by atomic mass is 79.9. The number of aromatic nitrogens is 2. The number of nitrogens with one attached hydrogen (secondary N) is 1. The second-order valence-electron chi connectivity index (χ2n) is 4.57. The maximum Gasteiger partial charge on any atom is 0.417 e. The standard InChI is InChI=1S/C14H8BrClF3N3O3/c15-9-1-7(3-20-5-9)13(24)25-6-11(23)22-12-10(16)2-8(4-21-12)14(17,18)19/h1-5H,6H2,(H,21,22,23). The summed E-state index contributed by atoms with van der Waals surface area (Å²) in [6.45, 7) is -0.676. The molecule has 6 nitrogen and oxygen atoms in total. The van der Waals surface area contributed by atoms with Crippen LogP contribution in [0.4, 0.5) is 19.0 Å². The number of halogens is 5. The van der Waals surface area contributed by atoms with Gasteiger partial charge in [-0.25, -0.2) is 9.78 Å². The van der Waals surface area contributed by atoms with E-state index >= 15 is 0 Å². The number of alkyl halides is 3. The number of nitrogens with zero attached hydrogens (tertiary/aromatic N) is 2. The maximum absolute atomic E-state index is 12.5. The number of ether oxygens (including phenoxy) is 1. The van der Waals surface area contributed by atoms with E-state index in [1.165, 1.54) is 18.5 Å². The lowest BCUT2D eigenvalue weighted by molar-refractivity contribution is -0.137. The molecule has 0 fully saturated rings. The first-order valence-corrected chi connectivity index (χ1v) is 7.64. The number of carbonyl (C=O) groups is 2. The Labute approximate surface area is 152 Å². The predicted octanol–water partition coefficient (Wildman–Crippen LogP) is 3.71. The molecule has 0 aromatic carbocycles. The molecule has 2 heterocycles. The van der Waals surface area contributed by atoms with E-state index in [1.54, 1.807) is 0 Å². The Hall–Kier alpha value is -2.20. The second-order valence-corrected chi connectivity index (χ2v) is 5.89. The molecule has 2 rings (SSSR count). The largest absolute Gasteiger partial charge is 0.452 e. The zero-order valence-corrected chi connectivity index (χ0v) is 14.4. The number of carbonyl (C=O) groups excluding carboxylic acids is 2. The quantitative estimate of drug-likeness (QED) is 0.736. The third-order valence-electron chi connectivity index (χ3n) is 2.70. The first-order valence-electron chi connectivity index (χ1n) is 6.47. The summed E-state index contributed by atoms with van der Waals surface area (Å²) in [5.74, 6) is -1.89. The summed E-state index contributed by atoms with van der Waals surface area (Å²) in [5.41, 5.74) is -0.933. The van der Waals surface area contributed by atoms with Crippen LogP contribution in [-0.2, 0) is 15.7 Å². The van der Waals surface area contributed by atoms with Crippen LogP contribution in [-0.4, -0.2) is 28.5 Å². The fourth-order valence-corrected chi connectivity index (χ4v) is 2.17. The van der Waals surface area contributed by atoms with Gasteiger partial charge in [0.25, 0.3) is 5.91 Å². The Bertz CT molecular complexity index is 817. The lowest BCUT2D eigenvalue weighted by Crippen LogP contribution is -2.22. The minimum atomic E-state index is -4.60. The lowest BCUT2D eigenvalue weighted by Gasteiger charge is -2.10. The zero-order chi connectivity index (χ0) is 18.6. The Balaban J connectivity index is 1.95. The van der Waals surface area contributed by atoms with Crippen LogP contribution in [0, 0.1) is 0 Å². The first kappa shape index (κ1) is 19.1. The molecule has 0 aliphatic rings. The molecule has 1 amide bonds. The van der Waals surface area contributed by atoms with Crippen molar-refractivity contribution in [2.75, 3.05) is 11.9 Å². The van der Waals surface area contributed by atoms with Crippen molar-refractivity contribution >= 4 is 45.2 Å². The van der Waals surface area contributed by atoms with Crippen molar-refractivity contribution in [3.63, 3.8) is 0 Å². The van der Waals surface area contributed by atoms with Crippen LogP contribution in [0.1, 0.15) is 15.9 Å². The van der Waals surface area contributed by atoms with E-state index in [0.717, 1.165) is 0 Å². The van der Waals surface area contributed by atoms with E-state index in [1.807, 2.05) is 0 Å². The van der Waals surface area contributed by atoms with E-state index in [2.05, 4.69) is 31.2 Å². The van der Waals surface area contributed by atoms with E-state index in [4.69, 9.17) is 16.3 Å². The maximum atomic E-state index is 12.5. The van der Waals surface area contributed by atoms with Crippen molar-refractivity contribution in [1.29, 1.82) is 0 Å². The molecule has 0 atom stereocenters. The normalized spacial score (nSPS) is 11.1. The fourth-order valence-electron chi connectivity index (χ4n) is 1.59. The van der Waals surface area contributed by atoms with Gasteiger partial charge in [-0.15, -0.1) is 0 Å². The number of pyridine rings is 2. The van der Waals surface area contributed by atoms with Gasteiger partial charge in [0, 0.05) is 23.1 Å². The van der Waals surface area contributed by atoms with Gasteiger partial charge in [0.15, 0.2) is 12.4 Å². The third-order valence-corrected chi connectivity index (χ3v) is 3.42. The molecule has 0 bridgehead atoms. The van der Waals surface area contributed by atoms with Gasteiger partial charge in [-0.2, -0.15) is 13.2 Å². The highest BCUT2D eigenvalue weighted by Gasteiger charge is 2.31. The van der Waals surface area contributed by atoms with Gasteiger partial charge in [0.2, 0.25) is 0 Å². The number of hydrogen-bond acceptors (Lipinski definition) is 5. The molecule has 25 heavy (non-hydrogen) atoms. The second kappa shape index (κ2) is 7.79. The van der Waals surface area contributed by atoms with Gasteiger partial charge >= 0.3 is 12.1 Å².